The summed E-state index contributed by atoms with van der Waals surface area (Å²) in [5.41, 5.74) is 3.89. The van der Waals surface area contributed by atoms with E-state index in [1.54, 1.807) is 0 Å². The van der Waals surface area contributed by atoms with Crippen LogP contribution in [0.3, 0.4) is 0 Å². The van der Waals surface area contributed by atoms with E-state index in [0.29, 0.717) is 0 Å². The number of aryl methyl sites for hydroxylation is 1. The van der Waals surface area contributed by atoms with E-state index in [0.717, 1.165) is 19.5 Å². The van der Waals surface area contributed by atoms with Crippen molar-refractivity contribution in [1.29, 1.82) is 0 Å². The fourth-order valence-corrected chi connectivity index (χ4v) is 1.57. The van der Waals surface area contributed by atoms with Gasteiger partial charge in [0.05, 0.1) is 5.69 Å². The van der Waals surface area contributed by atoms with E-state index in [2.05, 4.69) is 29.1 Å². The molecule has 0 radical (unpaired) electrons. The summed E-state index contributed by atoms with van der Waals surface area (Å²) < 4.78 is 0. The molecule has 3 heteroatoms. The average Bonchev–Trinajstić information content (AvgIpc) is 2.33. The van der Waals surface area contributed by atoms with Gasteiger partial charge >= 0.3 is 0 Å². The predicted octanol–water partition coefficient (Wildman–Crippen LogP) is 0.706. The number of aromatic nitrogens is 2. The SMILES string of the molecule is Cc1[nH]nc2c1CN(C)CC2. The monoisotopic (exact) mass is 151 g/mol. The minimum Gasteiger partial charge on any atom is -0.302 e. The Labute approximate surface area is 66.4 Å². The lowest BCUT2D eigenvalue weighted by Gasteiger charge is -2.21. The first kappa shape index (κ1) is 6.85. The molecule has 3 nitrogen and oxygen atoms in total. The molecule has 2 heterocycles. The van der Waals surface area contributed by atoms with Crippen LogP contribution < -0.4 is 0 Å². The number of nitrogens with zero attached hydrogens (tertiary/aromatic N) is 2. The Hall–Kier alpha value is -0.830. The number of H-pyrrole nitrogens is 1. The van der Waals surface area contributed by atoms with Gasteiger partial charge in [0.15, 0.2) is 0 Å². The summed E-state index contributed by atoms with van der Waals surface area (Å²) in [6, 6.07) is 0. The van der Waals surface area contributed by atoms with Crippen LogP contribution in [-0.4, -0.2) is 28.7 Å². The van der Waals surface area contributed by atoms with Gasteiger partial charge in [0, 0.05) is 30.8 Å². The molecular weight excluding hydrogens is 138 g/mol. The van der Waals surface area contributed by atoms with Gasteiger partial charge in [-0.2, -0.15) is 5.10 Å². The third-order valence-electron chi connectivity index (χ3n) is 2.32. The minimum atomic E-state index is 1.05. The van der Waals surface area contributed by atoms with E-state index in [1.165, 1.54) is 17.0 Å². The Morgan fingerprint density at radius 3 is 3.18 bits per heavy atom. The van der Waals surface area contributed by atoms with E-state index in [9.17, 15) is 0 Å². The van der Waals surface area contributed by atoms with Crippen LogP contribution in [0, 0.1) is 6.92 Å². The standard InChI is InChI=1S/C8H13N3/c1-6-7-5-11(2)4-3-8(7)10-9-6/h3-5H2,1-2H3,(H,9,10). The number of nitrogens with one attached hydrogen (secondary N) is 1. The Balaban J connectivity index is 2.37. The Morgan fingerprint density at radius 1 is 1.55 bits per heavy atom. The lowest BCUT2D eigenvalue weighted by atomic mass is 10.1. The van der Waals surface area contributed by atoms with Crippen molar-refractivity contribution in [3.63, 3.8) is 0 Å². The summed E-state index contributed by atoms with van der Waals surface area (Å²) in [4.78, 5) is 2.32. The molecule has 1 aliphatic rings. The van der Waals surface area contributed by atoms with Crippen LogP contribution in [0.15, 0.2) is 0 Å². The average molecular weight is 151 g/mol. The minimum absolute atomic E-state index is 1.05. The Bertz CT molecular complexity index is 264. The van der Waals surface area contributed by atoms with Crippen molar-refractivity contribution in [3.8, 4) is 0 Å². The van der Waals surface area contributed by atoms with Gasteiger partial charge in [0.1, 0.15) is 0 Å². The summed E-state index contributed by atoms with van der Waals surface area (Å²) in [5, 5.41) is 7.26. The number of rotatable bonds is 0. The fourth-order valence-electron chi connectivity index (χ4n) is 1.57. The number of fused-ring (bicyclic) bond motifs is 1. The van der Waals surface area contributed by atoms with Crippen LogP contribution in [0.5, 0.6) is 0 Å². The third-order valence-corrected chi connectivity index (χ3v) is 2.32. The van der Waals surface area contributed by atoms with Gasteiger partial charge in [-0.3, -0.25) is 5.10 Å². The second kappa shape index (κ2) is 2.34. The molecule has 60 valence electrons. The summed E-state index contributed by atoms with van der Waals surface area (Å²) in [6.07, 6.45) is 1.09. The zero-order valence-electron chi connectivity index (χ0n) is 7.02. The molecule has 1 aliphatic heterocycles. The highest BCUT2D eigenvalue weighted by atomic mass is 15.2. The summed E-state index contributed by atoms with van der Waals surface area (Å²) in [6.45, 7) is 4.28. The molecule has 0 aromatic carbocycles. The van der Waals surface area contributed by atoms with Crippen LogP contribution in [0.4, 0.5) is 0 Å². The number of aromatic amines is 1. The normalized spacial score (nSPS) is 18.4. The van der Waals surface area contributed by atoms with Gasteiger partial charge in [0.2, 0.25) is 0 Å². The molecule has 1 N–H and O–H groups in total. The van der Waals surface area contributed by atoms with Crippen LogP contribution in [0.25, 0.3) is 0 Å². The first-order valence-corrected chi connectivity index (χ1v) is 3.98. The summed E-state index contributed by atoms with van der Waals surface area (Å²) >= 11 is 0. The molecule has 0 unspecified atom stereocenters. The molecule has 0 fully saturated rings. The first-order valence-electron chi connectivity index (χ1n) is 3.98. The van der Waals surface area contributed by atoms with Crippen LogP contribution in [0.2, 0.25) is 0 Å². The first-order chi connectivity index (χ1) is 5.27. The Morgan fingerprint density at radius 2 is 2.36 bits per heavy atom. The van der Waals surface area contributed by atoms with Crippen molar-refractivity contribution < 1.29 is 0 Å². The van der Waals surface area contributed by atoms with Crippen molar-refractivity contribution in [1.82, 2.24) is 15.1 Å². The summed E-state index contributed by atoms with van der Waals surface area (Å²) in [7, 11) is 2.15. The molecule has 0 aliphatic carbocycles. The van der Waals surface area contributed by atoms with Gasteiger partial charge in [0.25, 0.3) is 0 Å². The quantitative estimate of drug-likeness (QED) is 0.592. The van der Waals surface area contributed by atoms with E-state index in [4.69, 9.17) is 0 Å². The van der Waals surface area contributed by atoms with Crippen molar-refractivity contribution in [2.75, 3.05) is 13.6 Å². The lowest BCUT2D eigenvalue weighted by molar-refractivity contribution is 0.311. The molecule has 0 atom stereocenters. The Kier molecular flexibility index (Phi) is 1.46. The van der Waals surface area contributed by atoms with Gasteiger partial charge in [-0.15, -0.1) is 0 Å². The maximum absolute atomic E-state index is 4.24. The van der Waals surface area contributed by atoms with Gasteiger partial charge < -0.3 is 4.90 Å². The van der Waals surface area contributed by atoms with Gasteiger partial charge in [-0.05, 0) is 14.0 Å². The van der Waals surface area contributed by atoms with Crippen molar-refractivity contribution in [2.24, 2.45) is 0 Å². The number of likely N-dealkylation sites (N-methyl/N-ethyl adjacent to an activating group) is 1. The van der Waals surface area contributed by atoms with Crippen molar-refractivity contribution >= 4 is 0 Å². The molecule has 1 aromatic rings. The molecule has 2 rings (SSSR count). The zero-order chi connectivity index (χ0) is 7.84. The number of hydrogen-bond donors (Lipinski definition) is 1. The molecular formula is C8H13N3. The highest BCUT2D eigenvalue weighted by molar-refractivity contribution is 5.26. The molecule has 0 saturated carbocycles. The van der Waals surface area contributed by atoms with Crippen molar-refractivity contribution in [3.05, 3.63) is 17.0 Å². The number of hydrogen-bond acceptors (Lipinski definition) is 2. The smallest absolute Gasteiger partial charge is 0.0682 e. The maximum atomic E-state index is 4.24. The van der Waals surface area contributed by atoms with Gasteiger partial charge in [-0.1, -0.05) is 0 Å². The predicted molar refractivity (Wildman–Crippen MR) is 43.4 cm³/mol. The van der Waals surface area contributed by atoms with Crippen LogP contribution in [0.1, 0.15) is 17.0 Å². The molecule has 0 bridgehead atoms. The highest BCUT2D eigenvalue weighted by Crippen LogP contribution is 2.17. The second-order valence-electron chi connectivity index (χ2n) is 3.26. The molecule has 0 spiro atoms. The van der Waals surface area contributed by atoms with Crippen molar-refractivity contribution in [2.45, 2.75) is 19.9 Å². The topological polar surface area (TPSA) is 31.9 Å². The molecule has 0 saturated heterocycles. The van der Waals surface area contributed by atoms with Crippen LogP contribution in [-0.2, 0) is 13.0 Å². The van der Waals surface area contributed by atoms with Gasteiger partial charge in [-0.25, -0.2) is 0 Å². The third kappa shape index (κ3) is 1.05. The molecule has 0 amide bonds. The zero-order valence-corrected chi connectivity index (χ0v) is 7.02. The highest BCUT2D eigenvalue weighted by Gasteiger charge is 2.17. The van der Waals surface area contributed by atoms with E-state index >= 15 is 0 Å². The summed E-state index contributed by atoms with van der Waals surface area (Å²) in [5.74, 6) is 0. The lowest BCUT2D eigenvalue weighted by Crippen LogP contribution is -2.26. The fraction of sp³-hybridized carbons (Fsp3) is 0.625. The maximum Gasteiger partial charge on any atom is 0.0682 e. The van der Waals surface area contributed by atoms with E-state index in [1.807, 2.05) is 0 Å². The van der Waals surface area contributed by atoms with E-state index < -0.39 is 0 Å². The second-order valence-corrected chi connectivity index (χ2v) is 3.26. The van der Waals surface area contributed by atoms with Crippen LogP contribution >= 0.6 is 0 Å². The molecule has 11 heavy (non-hydrogen) atoms. The molecule has 1 aromatic heterocycles. The van der Waals surface area contributed by atoms with E-state index in [-0.39, 0.29) is 0 Å². The largest absolute Gasteiger partial charge is 0.302 e.